The number of hydrogen-bond acceptors (Lipinski definition) is 2. The number of rotatable bonds is 4. The fourth-order valence-electron chi connectivity index (χ4n) is 2.06. The van der Waals surface area contributed by atoms with Crippen molar-refractivity contribution in [2.75, 3.05) is 0 Å². The van der Waals surface area contributed by atoms with E-state index in [0.29, 0.717) is 0 Å². The Labute approximate surface area is 120 Å². The summed E-state index contributed by atoms with van der Waals surface area (Å²) in [5, 5.41) is 5.83. The average molecular weight is 322 g/mol. The number of thiophene rings is 1. The van der Waals surface area contributed by atoms with Gasteiger partial charge in [0.05, 0.1) is 0 Å². The predicted octanol–water partition coefficient (Wildman–Crippen LogP) is 4.74. The summed E-state index contributed by atoms with van der Waals surface area (Å²) in [6.45, 7) is 3.18. The molecule has 3 rings (SSSR count). The average Bonchev–Trinajstić information content (AvgIpc) is 3.05. The van der Waals surface area contributed by atoms with Gasteiger partial charge < -0.3 is 5.32 Å². The van der Waals surface area contributed by atoms with E-state index in [1.54, 1.807) is 0 Å². The summed E-state index contributed by atoms with van der Waals surface area (Å²) in [6.07, 6.45) is 2.70. The summed E-state index contributed by atoms with van der Waals surface area (Å²) in [4.78, 5) is 1.37. The van der Waals surface area contributed by atoms with Crippen molar-refractivity contribution in [1.29, 1.82) is 0 Å². The van der Waals surface area contributed by atoms with Crippen LogP contribution in [0.15, 0.2) is 34.1 Å². The zero-order valence-corrected chi connectivity index (χ0v) is 12.8. The Morgan fingerprint density at radius 1 is 1.33 bits per heavy atom. The van der Waals surface area contributed by atoms with Crippen LogP contribution in [-0.2, 0) is 6.54 Å². The Bertz CT molecular complexity index is 557. The van der Waals surface area contributed by atoms with E-state index in [2.05, 4.69) is 57.8 Å². The molecule has 1 heterocycles. The highest BCUT2D eigenvalue weighted by Gasteiger charge is 2.20. The molecular weight excluding hydrogens is 306 g/mol. The molecule has 2 aromatic rings. The molecule has 0 aliphatic heterocycles. The third-order valence-electron chi connectivity index (χ3n) is 3.28. The van der Waals surface area contributed by atoms with Crippen molar-refractivity contribution < 1.29 is 0 Å². The van der Waals surface area contributed by atoms with Gasteiger partial charge in [0, 0.05) is 21.9 Å². The van der Waals surface area contributed by atoms with E-state index < -0.39 is 0 Å². The Morgan fingerprint density at radius 2 is 2.17 bits per heavy atom. The molecule has 1 aliphatic carbocycles. The first kappa shape index (κ1) is 12.4. The third-order valence-corrected chi connectivity index (χ3v) is 4.79. The molecular formula is C15H16BrNS. The maximum atomic E-state index is 3.56. The Kier molecular flexibility index (Phi) is 3.55. The lowest BCUT2D eigenvalue weighted by Gasteiger charge is -2.03. The second-order valence-electron chi connectivity index (χ2n) is 4.93. The van der Waals surface area contributed by atoms with Crippen LogP contribution in [0, 0.1) is 6.92 Å². The zero-order valence-electron chi connectivity index (χ0n) is 10.4. The summed E-state index contributed by atoms with van der Waals surface area (Å²) in [6, 6.07) is 9.59. The number of hydrogen-bond donors (Lipinski definition) is 1. The van der Waals surface area contributed by atoms with Crippen molar-refractivity contribution in [2.24, 2.45) is 0 Å². The molecule has 0 amide bonds. The molecule has 1 fully saturated rings. The summed E-state index contributed by atoms with van der Waals surface area (Å²) in [7, 11) is 0. The second kappa shape index (κ2) is 5.16. The van der Waals surface area contributed by atoms with Gasteiger partial charge in [-0.1, -0.05) is 22.0 Å². The van der Waals surface area contributed by atoms with E-state index in [1.807, 2.05) is 11.3 Å². The van der Waals surface area contributed by atoms with Gasteiger partial charge in [-0.05, 0) is 60.0 Å². The lowest BCUT2D eigenvalue weighted by Crippen LogP contribution is -2.14. The number of aryl methyl sites for hydroxylation is 1. The molecule has 0 bridgehead atoms. The molecule has 1 aromatic carbocycles. The van der Waals surface area contributed by atoms with Crippen molar-refractivity contribution in [1.82, 2.24) is 5.32 Å². The van der Waals surface area contributed by atoms with Crippen LogP contribution in [0.1, 0.15) is 24.0 Å². The van der Waals surface area contributed by atoms with E-state index >= 15 is 0 Å². The van der Waals surface area contributed by atoms with Gasteiger partial charge in [0.1, 0.15) is 0 Å². The van der Waals surface area contributed by atoms with Crippen LogP contribution in [0.2, 0.25) is 0 Å². The highest BCUT2D eigenvalue weighted by Crippen LogP contribution is 2.31. The minimum atomic E-state index is 0.780. The lowest BCUT2D eigenvalue weighted by molar-refractivity contribution is 0.689. The SMILES string of the molecule is Cc1cc(Br)ccc1-c1cc(CNC2CC2)cs1. The molecule has 1 nitrogen and oxygen atoms in total. The van der Waals surface area contributed by atoms with E-state index in [9.17, 15) is 0 Å². The highest BCUT2D eigenvalue weighted by atomic mass is 79.9. The zero-order chi connectivity index (χ0) is 12.5. The minimum absolute atomic E-state index is 0.780. The van der Waals surface area contributed by atoms with Crippen molar-refractivity contribution in [3.8, 4) is 10.4 Å². The molecule has 1 aliphatic rings. The van der Waals surface area contributed by atoms with Gasteiger partial charge in [0.25, 0.3) is 0 Å². The van der Waals surface area contributed by atoms with Gasteiger partial charge >= 0.3 is 0 Å². The van der Waals surface area contributed by atoms with E-state index in [4.69, 9.17) is 0 Å². The first-order valence-electron chi connectivity index (χ1n) is 6.30. The Hall–Kier alpha value is -0.640. The molecule has 94 valence electrons. The maximum absolute atomic E-state index is 3.56. The molecule has 1 saturated carbocycles. The van der Waals surface area contributed by atoms with Crippen LogP contribution in [0.4, 0.5) is 0 Å². The summed E-state index contributed by atoms with van der Waals surface area (Å²) < 4.78 is 1.15. The Balaban J connectivity index is 1.78. The fraction of sp³-hybridized carbons (Fsp3) is 0.333. The number of benzene rings is 1. The number of halogens is 1. The van der Waals surface area contributed by atoms with Crippen LogP contribution < -0.4 is 5.32 Å². The molecule has 1 aromatic heterocycles. The molecule has 0 atom stereocenters. The van der Waals surface area contributed by atoms with Gasteiger partial charge in [0.2, 0.25) is 0 Å². The predicted molar refractivity (Wildman–Crippen MR) is 82.1 cm³/mol. The first-order chi connectivity index (χ1) is 8.72. The minimum Gasteiger partial charge on any atom is -0.310 e. The summed E-state index contributed by atoms with van der Waals surface area (Å²) >= 11 is 5.35. The molecule has 0 unspecified atom stereocenters. The molecule has 0 spiro atoms. The summed E-state index contributed by atoms with van der Waals surface area (Å²) in [5.74, 6) is 0. The third kappa shape index (κ3) is 2.85. The van der Waals surface area contributed by atoms with Crippen LogP contribution in [0.5, 0.6) is 0 Å². The normalized spacial score (nSPS) is 15.0. The second-order valence-corrected chi connectivity index (χ2v) is 6.76. The van der Waals surface area contributed by atoms with Crippen LogP contribution in [-0.4, -0.2) is 6.04 Å². The molecule has 1 N–H and O–H groups in total. The van der Waals surface area contributed by atoms with Crippen LogP contribution in [0.3, 0.4) is 0 Å². The van der Waals surface area contributed by atoms with Crippen molar-refractivity contribution >= 4 is 27.3 Å². The van der Waals surface area contributed by atoms with E-state index in [0.717, 1.165) is 17.1 Å². The lowest BCUT2D eigenvalue weighted by atomic mass is 10.1. The summed E-state index contributed by atoms with van der Waals surface area (Å²) in [5.41, 5.74) is 4.08. The van der Waals surface area contributed by atoms with Gasteiger partial charge in [-0.15, -0.1) is 11.3 Å². The molecule has 0 saturated heterocycles. The van der Waals surface area contributed by atoms with E-state index in [-0.39, 0.29) is 0 Å². The van der Waals surface area contributed by atoms with Crippen molar-refractivity contribution in [3.63, 3.8) is 0 Å². The molecule has 0 radical (unpaired) electrons. The monoisotopic (exact) mass is 321 g/mol. The van der Waals surface area contributed by atoms with Crippen molar-refractivity contribution in [3.05, 3.63) is 45.2 Å². The highest BCUT2D eigenvalue weighted by molar-refractivity contribution is 9.10. The van der Waals surface area contributed by atoms with Gasteiger partial charge in [-0.25, -0.2) is 0 Å². The maximum Gasteiger partial charge on any atom is 0.0348 e. The smallest absolute Gasteiger partial charge is 0.0348 e. The largest absolute Gasteiger partial charge is 0.310 e. The van der Waals surface area contributed by atoms with E-state index in [1.165, 1.54) is 34.4 Å². The standard InChI is InChI=1S/C15H16BrNS/c1-10-6-12(16)2-5-14(10)15-7-11(9-18-15)8-17-13-3-4-13/h2,5-7,9,13,17H,3-4,8H2,1H3. The van der Waals surface area contributed by atoms with Gasteiger partial charge in [-0.3, -0.25) is 0 Å². The fourth-order valence-corrected chi connectivity index (χ4v) is 3.54. The first-order valence-corrected chi connectivity index (χ1v) is 7.97. The number of nitrogens with one attached hydrogen (secondary N) is 1. The quantitative estimate of drug-likeness (QED) is 0.857. The van der Waals surface area contributed by atoms with Gasteiger partial charge in [-0.2, -0.15) is 0 Å². The van der Waals surface area contributed by atoms with Crippen LogP contribution in [0.25, 0.3) is 10.4 Å². The van der Waals surface area contributed by atoms with Crippen LogP contribution >= 0.6 is 27.3 Å². The van der Waals surface area contributed by atoms with Crippen molar-refractivity contribution in [2.45, 2.75) is 32.4 Å². The molecule has 3 heteroatoms. The molecule has 18 heavy (non-hydrogen) atoms. The topological polar surface area (TPSA) is 12.0 Å². The Morgan fingerprint density at radius 3 is 2.89 bits per heavy atom. The van der Waals surface area contributed by atoms with Gasteiger partial charge in [0.15, 0.2) is 0 Å².